The number of hydrogen-bond donors (Lipinski definition) is 1. The van der Waals surface area contributed by atoms with Gasteiger partial charge in [-0.2, -0.15) is 0 Å². The van der Waals surface area contributed by atoms with Crippen molar-refractivity contribution in [2.75, 3.05) is 18.6 Å². The molecule has 0 amide bonds. The third-order valence-corrected chi connectivity index (χ3v) is 3.98. The van der Waals surface area contributed by atoms with E-state index in [9.17, 15) is 8.42 Å². The van der Waals surface area contributed by atoms with E-state index in [1.54, 1.807) is 0 Å². The van der Waals surface area contributed by atoms with Crippen LogP contribution in [0.15, 0.2) is 22.7 Å². The normalized spacial score (nSPS) is 11.8. The summed E-state index contributed by atoms with van der Waals surface area (Å²) in [6.45, 7) is 4.99. The van der Waals surface area contributed by atoms with Crippen LogP contribution >= 0.6 is 15.9 Å². The lowest BCUT2D eigenvalue weighted by molar-refractivity contribution is 0.333. The van der Waals surface area contributed by atoms with Gasteiger partial charge in [0, 0.05) is 24.4 Å². The van der Waals surface area contributed by atoms with E-state index in [1.807, 2.05) is 18.2 Å². The molecule has 0 saturated heterocycles. The lowest BCUT2D eigenvalue weighted by atomic mass is 10.2. The van der Waals surface area contributed by atoms with Crippen molar-refractivity contribution in [3.05, 3.63) is 28.2 Å². The van der Waals surface area contributed by atoms with Gasteiger partial charge in [0.05, 0.1) is 10.2 Å². The van der Waals surface area contributed by atoms with Gasteiger partial charge in [-0.05, 0) is 22.0 Å². The molecule has 1 N–H and O–H groups in total. The van der Waals surface area contributed by atoms with Gasteiger partial charge in [0.1, 0.15) is 12.4 Å². The van der Waals surface area contributed by atoms with Gasteiger partial charge in [-0.1, -0.05) is 26.0 Å². The van der Waals surface area contributed by atoms with Gasteiger partial charge in [0.25, 0.3) is 0 Å². The predicted octanol–water partition coefficient (Wildman–Crippen LogP) is 2.37. The predicted molar refractivity (Wildman–Crippen MR) is 81.3 cm³/mol. The Balaban J connectivity index is 2.74. The van der Waals surface area contributed by atoms with Gasteiger partial charge in [0.2, 0.25) is 0 Å². The Kier molecular flexibility index (Phi) is 6.29. The van der Waals surface area contributed by atoms with Gasteiger partial charge in [0.15, 0.2) is 9.84 Å². The van der Waals surface area contributed by atoms with Crippen molar-refractivity contribution in [1.29, 1.82) is 0 Å². The highest BCUT2D eigenvalue weighted by Crippen LogP contribution is 2.29. The molecule has 1 aromatic rings. The van der Waals surface area contributed by atoms with E-state index < -0.39 is 9.84 Å². The SMILES string of the molecule is CC(C)NCc1cccc(Br)c1OCCS(C)(=O)=O. The first kappa shape index (κ1) is 16.5. The van der Waals surface area contributed by atoms with Crippen LogP contribution in [-0.4, -0.2) is 33.1 Å². The average molecular weight is 350 g/mol. The zero-order valence-corrected chi connectivity index (χ0v) is 13.8. The van der Waals surface area contributed by atoms with Crippen LogP contribution in [0.1, 0.15) is 19.4 Å². The molecule has 0 radical (unpaired) electrons. The van der Waals surface area contributed by atoms with Crippen LogP contribution < -0.4 is 10.1 Å². The fourth-order valence-corrected chi connectivity index (χ4v) is 2.37. The fraction of sp³-hybridized carbons (Fsp3) is 0.538. The molecule has 0 heterocycles. The second kappa shape index (κ2) is 7.26. The molecular weight excluding hydrogens is 330 g/mol. The molecule has 0 aliphatic carbocycles. The lowest BCUT2D eigenvalue weighted by Gasteiger charge is -2.15. The molecule has 19 heavy (non-hydrogen) atoms. The number of nitrogens with one attached hydrogen (secondary N) is 1. The fourth-order valence-electron chi connectivity index (χ4n) is 1.46. The smallest absolute Gasteiger partial charge is 0.150 e. The first-order chi connectivity index (χ1) is 8.79. The van der Waals surface area contributed by atoms with E-state index in [2.05, 4.69) is 35.1 Å². The number of hydrogen-bond acceptors (Lipinski definition) is 4. The second-order valence-corrected chi connectivity index (χ2v) is 7.86. The standard InChI is InChI=1S/C13H20BrNO3S/c1-10(2)15-9-11-5-4-6-12(14)13(11)18-7-8-19(3,16)17/h4-6,10,15H,7-9H2,1-3H3. The third-order valence-electron chi connectivity index (χ3n) is 2.45. The summed E-state index contributed by atoms with van der Waals surface area (Å²) in [5.41, 5.74) is 1.01. The molecular formula is C13H20BrNO3S. The molecule has 0 aromatic heterocycles. The van der Waals surface area contributed by atoms with Crippen LogP contribution in [0, 0.1) is 0 Å². The largest absolute Gasteiger partial charge is 0.491 e. The Labute approximate surface area is 123 Å². The molecule has 0 unspecified atom stereocenters. The minimum atomic E-state index is -3.00. The van der Waals surface area contributed by atoms with Crippen LogP contribution in [0.25, 0.3) is 0 Å². The lowest BCUT2D eigenvalue weighted by Crippen LogP contribution is -2.22. The zero-order chi connectivity index (χ0) is 14.5. The average Bonchev–Trinajstić information content (AvgIpc) is 2.27. The van der Waals surface area contributed by atoms with E-state index >= 15 is 0 Å². The van der Waals surface area contributed by atoms with Crippen molar-refractivity contribution in [2.24, 2.45) is 0 Å². The topological polar surface area (TPSA) is 55.4 Å². The summed E-state index contributed by atoms with van der Waals surface area (Å²) in [6.07, 6.45) is 1.21. The highest BCUT2D eigenvalue weighted by atomic mass is 79.9. The summed E-state index contributed by atoms with van der Waals surface area (Å²) in [7, 11) is -3.00. The van der Waals surface area contributed by atoms with Crippen molar-refractivity contribution >= 4 is 25.8 Å². The van der Waals surface area contributed by atoms with Crippen LogP contribution in [0.3, 0.4) is 0 Å². The quantitative estimate of drug-likeness (QED) is 0.820. The zero-order valence-electron chi connectivity index (χ0n) is 11.4. The van der Waals surface area contributed by atoms with Crippen molar-refractivity contribution in [1.82, 2.24) is 5.32 Å². The number of sulfone groups is 1. The summed E-state index contributed by atoms with van der Waals surface area (Å²) in [4.78, 5) is 0. The minimum Gasteiger partial charge on any atom is -0.491 e. The van der Waals surface area contributed by atoms with E-state index in [-0.39, 0.29) is 12.4 Å². The molecule has 0 fully saturated rings. The van der Waals surface area contributed by atoms with Crippen LogP contribution in [0.5, 0.6) is 5.75 Å². The summed E-state index contributed by atoms with van der Waals surface area (Å²) < 4.78 is 28.7. The summed E-state index contributed by atoms with van der Waals surface area (Å²) in [6, 6.07) is 6.16. The van der Waals surface area contributed by atoms with Gasteiger partial charge in [-0.3, -0.25) is 0 Å². The first-order valence-corrected chi connectivity index (χ1v) is 8.96. The minimum absolute atomic E-state index is 0.0192. The number of para-hydroxylation sites is 1. The van der Waals surface area contributed by atoms with Crippen molar-refractivity contribution < 1.29 is 13.2 Å². The molecule has 108 valence electrons. The Morgan fingerprint density at radius 2 is 2.05 bits per heavy atom. The number of rotatable bonds is 7. The van der Waals surface area contributed by atoms with Crippen molar-refractivity contribution in [3.8, 4) is 5.75 Å². The molecule has 0 aliphatic heterocycles. The number of benzene rings is 1. The molecule has 1 aromatic carbocycles. The summed E-state index contributed by atoms with van der Waals surface area (Å²) >= 11 is 3.43. The van der Waals surface area contributed by atoms with E-state index in [1.165, 1.54) is 6.26 Å². The Bertz CT molecular complexity index is 515. The number of ether oxygens (including phenoxy) is 1. The Morgan fingerprint density at radius 3 is 2.63 bits per heavy atom. The van der Waals surface area contributed by atoms with Crippen LogP contribution in [-0.2, 0) is 16.4 Å². The number of halogens is 1. The van der Waals surface area contributed by atoms with E-state index in [0.29, 0.717) is 18.3 Å². The van der Waals surface area contributed by atoms with Gasteiger partial charge in [-0.25, -0.2) is 8.42 Å². The van der Waals surface area contributed by atoms with Gasteiger partial charge in [-0.15, -0.1) is 0 Å². The van der Waals surface area contributed by atoms with E-state index in [4.69, 9.17) is 4.74 Å². The van der Waals surface area contributed by atoms with Gasteiger partial charge < -0.3 is 10.1 Å². The van der Waals surface area contributed by atoms with Crippen LogP contribution in [0.2, 0.25) is 0 Å². The maximum absolute atomic E-state index is 11.1. The first-order valence-electron chi connectivity index (χ1n) is 6.11. The second-order valence-electron chi connectivity index (χ2n) is 4.74. The summed E-state index contributed by atoms with van der Waals surface area (Å²) in [5.74, 6) is 0.727. The maximum Gasteiger partial charge on any atom is 0.150 e. The van der Waals surface area contributed by atoms with E-state index in [0.717, 1.165) is 10.0 Å². The molecule has 0 atom stereocenters. The molecule has 0 aliphatic rings. The Morgan fingerprint density at radius 1 is 1.37 bits per heavy atom. The highest BCUT2D eigenvalue weighted by Gasteiger charge is 2.10. The molecule has 0 spiro atoms. The molecule has 4 nitrogen and oxygen atoms in total. The Hall–Kier alpha value is -0.590. The highest BCUT2D eigenvalue weighted by molar-refractivity contribution is 9.10. The maximum atomic E-state index is 11.1. The monoisotopic (exact) mass is 349 g/mol. The summed E-state index contributed by atoms with van der Waals surface area (Å²) in [5, 5.41) is 3.32. The molecule has 6 heteroatoms. The van der Waals surface area contributed by atoms with Crippen LogP contribution in [0.4, 0.5) is 0 Å². The van der Waals surface area contributed by atoms with Crippen molar-refractivity contribution in [3.63, 3.8) is 0 Å². The molecule has 0 bridgehead atoms. The van der Waals surface area contributed by atoms with Crippen molar-refractivity contribution in [2.45, 2.75) is 26.4 Å². The third kappa shape index (κ3) is 6.40. The van der Waals surface area contributed by atoms with Gasteiger partial charge >= 0.3 is 0 Å². The molecule has 1 rings (SSSR count). The molecule has 0 saturated carbocycles.